The van der Waals surface area contributed by atoms with Gasteiger partial charge in [0.2, 0.25) is 0 Å². The normalized spacial score (nSPS) is 9.83. The van der Waals surface area contributed by atoms with Crippen LogP contribution in [0.15, 0.2) is 18.2 Å². The van der Waals surface area contributed by atoms with Gasteiger partial charge in [0.1, 0.15) is 6.07 Å². The first-order chi connectivity index (χ1) is 8.63. The Morgan fingerprint density at radius 3 is 2.39 bits per heavy atom. The Balaban J connectivity index is 3.14. The molecule has 0 fully saturated rings. The van der Waals surface area contributed by atoms with E-state index in [4.69, 9.17) is 15.5 Å². The number of rotatable bonds is 6. The molecule has 0 aliphatic heterocycles. The fourth-order valence-electron chi connectivity index (χ4n) is 1.60. The van der Waals surface area contributed by atoms with E-state index in [1.165, 1.54) is 18.2 Å². The lowest BCUT2D eigenvalue weighted by Crippen LogP contribution is -2.30. The molecule has 7 nitrogen and oxygen atoms in total. The predicted molar refractivity (Wildman–Crippen MR) is 64.2 cm³/mol. The SMILES string of the molecule is N#Cc1cc([N+](=O)[O-])ccc1N(CCO)CCO. The van der Waals surface area contributed by atoms with Crippen molar-refractivity contribution in [2.75, 3.05) is 31.2 Å². The van der Waals surface area contributed by atoms with E-state index in [2.05, 4.69) is 0 Å². The first-order valence-corrected chi connectivity index (χ1v) is 5.29. The molecule has 0 unspecified atom stereocenters. The molecular formula is C11H13N3O4. The van der Waals surface area contributed by atoms with Crippen molar-refractivity contribution in [2.45, 2.75) is 0 Å². The van der Waals surface area contributed by atoms with Gasteiger partial charge in [-0.25, -0.2) is 0 Å². The van der Waals surface area contributed by atoms with Crippen LogP contribution in [0.5, 0.6) is 0 Å². The lowest BCUT2D eigenvalue weighted by molar-refractivity contribution is -0.384. The van der Waals surface area contributed by atoms with E-state index in [-0.39, 0.29) is 37.6 Å². The van der Waals surface area contributed by atoms with Crippen LogP contribution in [0.1, 0.15) is 5.56 Å². The second kappa shape index (κ2) is 6.54. The molecule has 0 atom stereocenters. The Hall–Kier alpha value is -2.17. The minimum absolute atomic E-state index is 0.137. The predicted octanol–water partition coefficient (Wildman–Crippen LogP) is 0.257. The number of hydrogen-bond acceptors (Lipinski definition) is 6. The minimum Gasteiger partial charge on any atom is -0.395 e. The van der Waals surface area contributed by atoms with Crippen molar-refractivity contribution in [3.8, 4) is 6.07 Å². The minimum atomic E-state index is -0.576. The zero-order chi connectivity index (χ0) is 13.5. The summed E-state index contributed by atoms with van der Waals surface area (Å²) in [6, 6.07) is 5.79. The fourth-order valence-corrected chi connectivity index (χ4v) is 1.60. The molecule has 18 heavy (non-hydrogen) atoms. The molecular weight excluding hydrogens is 238 g/mol. The van der Waals surface area contributed by atoms with E-state index in [1.807, 2.05) is 6.07 Å². The highest BCUT2D eigenvalue weighted by Gasteiger charge is 2.15. The van der Waals surface area contributed by atoms with E-state index in [1.54, 1.807) is 4.90 Å². The molecule has 0 saturated heterocycles. The molecule has 0 radical (unpaired) electrons. The third kappa shape index (κ3) is 3.16. The zero-order valence-electron chi connectivity index (χ0n) is 9.61. The third-order valence-electron chi connectivity index (χ3n) is 2.39. The van der Waals surface area contributed by atoms with Gasteiger partial charge in [0.15, 0.2) is 0 Å². The molecule has 1 rings (SSSR count). The second-order valence-corrected chi connectivity index (χ2v) is 3.50. The fraction of sp³-hybridized carbons (Fsp3) is 0.364. The third-order valence-corrected chi connectivity index (χ3v) is 2.39. The van der Waals surface area contributed by atoms with Gasteiger partial charge >= 0.3 is 0 Å². The number of non-ortho nitro benzene ring substituents is 1. The van der Waals surface area contributed by atoms with Crippen LogP contribution in [0.3, 0.4) is 0 Å². The quantitative estimate of drug-likeness (QED) is 0.554. The largest absolute Gasteiger partial charge is 0.395 e. The summed E-state index contributed by atoms with van der Waals surface area (Å²) < 4.78 is 0. The van der Waals surface area contributed by atoms with Crippen molar-refractivity contribution in [1.29, 1.82) is 5.26 Å². The molecule has 0 aliphatic rings. The van der Waals surface area contributed by atoms with E-state index >= 15 is 0 Å². The van der Waals surface area contributed by atoms with Crippen LogP contribution in [-0.2, 0) is 0 Å². The number of nitrogens with zero attached hydrogens (tertiary/aromatic N) is 3. The summed E-state index contributed by atoms with van der Waals surface area (Å²) in [7, 11) is 0. The van der Waals surface area contributed by atoms with Crippen molar-refractivity contribution < 1.29 is 15.1 Å². The van der Waals surface area contributed by atoms with Gasteiger partial charge in [0.25, 0.3) is 5.69 Å². The van der Waals surface area contributed by atoms with E-state index in [0.29, 0.717) is 5.69 Å². The summed E-state index contributed by atoms with van der Waals surface area (Å²) in [5.74, 6) is 0. The monoisotopic (exact) mass is 251 g/mol. The van der Waals surface area contributed by atoms with Gasteiger partial charge in [-0.15, -0.1) is 0 Å². The topological polar surface area (TPSA) is 111 Å². The van der Waals surface area contributed by atoms with Gasteiger partial charge < -0.3 is 15.1 Å². The molecule has 1 aromatic carbocycles. The maximum atomic E-state index is 10.6. The van der Waals surface area contributed by atoms with Gasteiger partial charge in [-0.05, 0) is 6.07 Å². The summed E-state index contributed by atoms with van der Waals surface area (Å²) in [4.78, 5) is 11.6. The number of nitriles is 1. The van der Waals surface area contributed by atoms with Crippen molar-refractivity contribution in [3.63, 3.8) is 0 Å². The van der Waals surface area contributed by atoms with Gasteiger partial charge in [-0.3, -0.25) is 10.1 Å². The first-order valence-electron chi connectivity index (χ1n) is 5.29. The summed E-state index contributed by atoms with van der Waals surface area (Å²) in [6.07, 6.45) is 0. The van der Waals surface area contributed by atoms with Crippen LogP contribution in [0, 0.1) is 21.4 Å². The van der Waals surface area contributed by atoms with Crippen LogP contribution < -0.4 is 4.90 Å². The molecule has 0 aromatic heterocycles. The Morgan fingerprint density at radius 2 is 1.94 bits per heavy atom. The van der Waals surface area contributed by atoms with E-state index in [9.17, 15) is 10.1 Å². The molecule has 7 heteroatoms. The van der Waals surface area contributed by atoms with Crippen molar-refractivity contribution in [2.24, 2.45) is 0 Å². The Bertz CT molecular complexity index is 464. The van der Waals surface area contributed by atoms with Gasteiger partial charge in [-0.1, -0.05) is 0 Å². The molecule has 0 heterocycles. The number of hydrogen-bond donors (Lipinski definition) is 2. The Morgan fingerprint density at radius 1 is 1.33 bits per heavy atom. The number of nitro benzene ring substituents is 1. The summed E-state index contributed by atoms with van der Waals surface area (Å²) in [6.45, 7) is 0.212. The van der Waals surface area contributed by atoms with Crippen molar-refractivity contribution in [3.05, 3.63) is 33.9 Å². The maximum Gasteiger partial charge on any atom is 0.270 e. The van der Waals surface area contributed by atoms with Gasteiger partial charge in [0, 0.05) is 25.2 Å². The number of aliphatic hydroxyl groups excluding tert-OH is 2. The highest BCUT2D eigenvalue weighted by molar-refractivity contribution is 5.63. The standard InChI is InChI=1S/C11H13N3O4/c12-8-9-7-10(14(17)18)1-2-11(9)13(3-5-15)4-6-16/h1-2,7,15-16H,3-6H2. The molecule has 0 bridgehead atoms. The first kappa shape index (κ1) is 13.9. The average molecular weight is 251 g/mol. The van der Waals surface area contributed by atoms with Crippen LogP contribution >= 0.6 is 0 Å². The molecule has 2 N–H and O–H groups in total. The summed E-state index contributed by atoms with van der Waals surface area (Å²) >= 11 is 0. The lowest BCUT2D eigenvalue weighted by Gasteiger charge is -2.23. The number of benzene rings is 1. The molecule has 0 amide bonds. The highest BCUT2D eigenvalue weighted by Crippen LogP contribution is 2.24. The number of anilines is 1. The van der Waals surface area contributed by atoms with Crippen LogP contribution in [0.2, 0.25) is 0 Å². The maximum absolute atomic E-state index is 10.6. The van der Waals surface area contributed by atoms with Crippen molar-refractivity contribution in [1.82, 2.24) is 0 Å². The molecule has 1 aromatic rings. The number of aliphatic hydroxyl groups is 2. The van der Waals surface area contributed by atoms with Crippen LogP contribution in [-0.4, -0.2) is 41.4 Å². The second-order valence-electron chi connectivity index (χ2n) is 3.50. The Kier molecular flexibility index (Phi) is 5.05. The van der Waals surface area contributed by atoms with Crippen molar-refractivity contribution >= 4 is 11.4 Å². The van der Waals surface area contributed by atoms with E-state index in [0.717, 1.165) is 0 Å². The van der Waals surface area contributed by atoms with Crippen LogP contribution in [0.25, 0.3) is 0 Å². The number of nitro groups is 1. The summed E-state index contributed by atoms with van der Waals surface area (Å²) in [5.41, 5.74) is 0.445. The summed E-state index contributed by atoms with van der Waals surface area (Å²) in [5, 5.41) is 37.4. The Labute approximate surface area is 104 Å². The average Bonchev–Trinajstić information content (AvgIpc) is 2.37. The smallest absolute Gasteiger partial charge is 0.270 e. The van der Waals surface area contributed by atoms with Gasteiger partial charge in [0.05, 0.1) is 29.4 Å². The molecule has 96 valence electrons. The molecule has 0 saturated carbocycles. The molecule has 0 spiro atoms. The molecule has 0 aliphatic carbocycles. The van der Waals surface area contributed by atoms with Crippen LogP contribution in [0.4, 0.5) is 11.4 Å². The lowest BCUT2D eigenvalue weighted by atomic mass is 10.1. The van der Waals surface area contributed by atoms with E-state index < -0.39 is 4.92 Å². The highest BCUT2D eigenvalue weighted by atomic mass is 16.6. The van der Waals surface area contributed by atoms with Gasteiger partial charge in [-0.2, -0.15) is 5.26 Å². The zero-order valence-corrected chi connectivity index (χ0v) is 9.61.